The van der Waals surface area contributed by atoms with Gasteiger partial charge in [0.2, 0.25) is 5.13 Å². The Kier molecular flexibility index (Phi) is 4.84. The number of rotatable bonds is 5. The standard InChI is InChI=1S/C20H14N4O2S/c25-18(22-20-24-23-19(27-20)15-5-4-12-21-13-15)14-8-10-17(11-9-14)26-16-6-2-1-3-7-16/h1-13H,(H,22,24,25). The summed E-state index contributed by atoms with van der Waals surface area (Å²) in [5.74, 6) is 1.15. The zero-order valence-electron chi connectivity index (χ0n) is 14.1. The maximum atomic E-state index is 12.4. The smallest absolute Gasteiger partial charge is 0.257 e. The van der Waals surface area contributed by atoms with Crippen LogP contribution in [0.5, 0.6) is 11.5 Å². The van der Waals surface area contributed by atoms with Crippen molar-refractivity contribution in [3.8, 4) is 22.1 Å². The highest BCUT2D eigenvalue weighted by Gasteiger charge is 2.11. The van der Waals surface area contributed by atoms with Gasteiger partial charge in [-0.15, -0.1) is 10.2 Å². The van der Waals surface area contributed by atoms with Crippen LogP contribution in [0.25, 0.3) is 10.6 Å². The minimum atomic E-state index is -0.254. The molecule has 0 radical (unpaired) electrons. The Hall–Kier alpha value is -3.58. The van der Waals surface area contributed by atoms with E-state index in [9.17, 15) is 4.79 Å². The second-order valence-corrected chi connectivity index (χ2v) is 6.53. The number of hydrogen-bond donors (Lipinski definition) is 1. The van der Waals surface area contributed by atoms with Crippen LogP contribution in [0.1, 0.15) is 10.4 Å². The minimum absolute atomic E-state index is 0.254. The van der Waals surface area contributed by atoms with Crippen LogP contribution in [0.15, 0.2) is 79.1 Å². The molecule has 2 heterocycles. The molecule has 0 aliphatic carbocycles. The van der Waals surface area contributed by atoms with Gasteiger partial charge in [0, 0.05) is 23.5 Å². The van der Waals surface area contributed by atoms with Crippen LogP contribution in [0.2, 0.25) is 0 Å². The van der Waals surface area contributed by atoms with Crippen LogP contribution < -0.4 is 10.1 Å². The van der Waals surface area contributed by atoms with E-state index in [1.54, 1.807) is 36.7 Å². The van der Waals surface area contributed by atoms with Gasteiger partial charge in [-0.3, -0.25) is 15.1 Å². The van der Waals surface area contributed by atoms with Gasteiger partial charge < -0.3 is 4.74 Å². The monoisotopic (exact) mass is 374 g/mol. The summed E-state index contributed by atoms with van der Waals surface area (Å²) in [5, 5.41) is 12.0. The lowest BCUT2D eigenvalue weighted by molar-refractivity contribution is 0.102. The minimum Gasteiger partial charge on any atom is -0.457 e. The summed E-state index contributed by atoms with van der Waals surface area (Å²) in [6, 6.07) is 20.1. The van der Waals surface area contributed by atoms with E-state index in [4.69, 9.17) is 4.74 Å². The maximum absolute atomic E-state index is 12.4. The Morgan fingerprint density at radius 2 is 1.67 bits per heavy atom. The third-order valence-corrected chi connectivity index (χ3v) is 4.54. The molecule has 2 aromatic carbocycles. The summed E-state index contributed by atoms with van der Waals surface area (Å²) in [6.07, 6.45) is 3.40. The zero-order valence-corrected chi connectivity index (χ0v) is 14.9. The third-order valence-electron chi connectivity index (χ3n) is 3.65. The summed E-state index contributed by atoms with van der Waals surface area (Å²) >= 11 is 1.30. The lowest BCUT2D eigenvalue weighted by Crippen LogP contribution is -2.11. The van der Waals surface area contributed by atoms with E-state index >= 15 is 0 Å². The van der Waals surface area contributed by atoms with Gasteiger partial charge in [-0.25, -0.2) is 0 Å². The largest absolute Gasteiger partial charge is 0.457 e. The molecule has 0 aliphatic heterocycles. The van der Waals surface area contributed by atoms with Gasteiger partial charge in [0.05, 0.1) is 0 Å². The van der Waals surface area contributed by atoms with E-state index in [-0.39, 0.29) is 5.91 Å². The zero-order chi connectivity index (χ0) is 18.5. The molecule has 0 bridgehead atoms. The number of carbonyl (C=O) groups is 1. The number of nitrogens with one attached hydrogen (secondary N) is 1. The van der Waals surface area contributed by atoms with Gasteiger partial charge in [-0.05, 0) is 48.5 Å². The Morgan fingerprint density at radius 1 is 0.889 bits per heavy atom. The number of para-hydroxylation sites is 1. The average molecular weight is 374 g/mol. The fraction of sp³-hybridized carbons (Fsp3) is 0. The molecule has 0 saturated heterocycles. The van der Waals surface area contributed by atoms with Crippen LogP contribution in [0.3, 0.4) is 0 Å². The first-order valence-corrected chi connectivity index (χ1v) is 8.98. The molecular weight excluding hydrogens is 360 g/mol. The van der Waals surface area contributed by atoms with Gasteiger partial charge >= 0.3 is 0 Å². The molecular formula is C20H14N4O2S. The molecule has 0 atom stereocenters. The molecule has 2 aromatic heterocycles. The number of anilines is 1. The van der Waals surface area contributed by atoms with E-state index in [1.807, 2.05) is 42.5 Å². The summed E-state index contributed by atoms with van der Waals surface area (Å²) in [4.78, 5) is 16.5. The predicted octanol–water partition coefficient (Wildman–Crippen LogP) is 4.64. The topological polar surface area (TPSA) is 77.0 Å². The summed E-state index contributed by atoms with van der Waals surface area (Å²) in [5.41, 5.74) is 1.37. The molecule has 1 amide bonds. The van der Waals surface area contributed by atoms with Crippen molar-refractivity contribution >= 4 is 22.4 Å². The van der Waals surface area contributed by atoms with Crippen LogP contribution in [0.4, 0.5) is 5.13 Å². The summed E-state index contributed by atoms with van der Waals surface area (Å²) in [7, 11) is 0. The molecule has 132 valence electrons. The van der Waals surface area contributed by atoms with Gasteiger partial charge in [-0.2, -0.15) is 0 Å². The van der Waals surface area contributed by atoms with Crippen LogP contribution in [0, 0.1) is 0 Å². The Bertz CT molecular complexity index is 1030. The fourth-order valence-corrected chi connectivity index (χ4v) is 3.08. The van der Waals surface area contributed by atoms with Crippen molar-refractivity contribution < 1.29 is 9.53 Å². The van der Waals surface area contributed by atoms with E-state index < -0.39 is 0 Å². The van der Waals surface area contributed by atoms with Crippen molar-refractivity contribution in [1.82, 2.24) is 15.2 Å². The molecule has 0 aliphatic rings. The SMILES string of the molecule is O=C(Nc1nnc(-c2cccnc2)s1)c1ccc(Oc2ccccc2)cc1. The highest BCUT2D eigenvalue weighted by molar-refractivity contribution is 7.18. The third kappa shape index (κ3) is 4.16. The lowest BCUT2D eigenvalue weighted by atomic mass is 10.2. The van der Waals surface area contributed by atoms with E-state index in [2.05, 4.69) is 20.5 Å². The number of benzene rings is 2. The normalized spacial score (nSPS) is 10.4. The number of aromatic nitrogens is 3. The van der Waals surface area contributed by atoms with Crippen molar-refractivity contribution in [1.29, 1.82) is 0 Å². The molecule has 4 aromatic rings. The second-order valence-electron chi connectivity index (χ2n) is 5.55. The van der Waals surface area contributed by atoms with E-state index in [0.717, 1.165) is 11.3 Å². The first-order chi connectivity index (χ1) is 13.3. The molecule has 7 heteroatoms. The quantitative estimate of drug-likeness (QED) is 0.550. The van der Waals surface area contributed by atoms with Gasteiger partial charge in [0.1, 0.15) is 11.5 Å². The van der Waals surface area contributed by atoms with Gasteiger partial charge in [0.15, 0.2) is 5.01 Å². The highest BCUT2D eigenvalue weighted by atomic mass is 32.1. The van der Waals surface area contributed by atoms with Gasteiger partial charge in [-0.1, -0.05) is 29.5 Å². The first kappa shape index (κ1) is 16.9. The number of carbonyl (C=O) groups excluding carboxylic acids is 1. The predicted molar refractivity (Wildman–Crippen MR) is 104 cm³/mol. The molecule has 0 saturated carbocycles. The van der Waals surface area contributed by atoms with Crippen molar-refractivity contribution in [3.05, 3.63) is 84.7 Å². The van der Waals surface area contributed by atoms with Crippen LogP contribution in [-0.4, -0.2) is 21.1 Å². The maximum Gasteiger partial charge on any atom is 0.257 e. The number of hydrogen-bond acceptors (Lipinski definition) is 6. The number of ether oxygens (including phenoxy) is 1. The molecule has 0 unspecified atom stereocenters. The molecule has 4 rings (SSSR count). The molecule has 6 nitrogen and oxygen atoms in total. The molecule has 27 heavy (non-hydrogen) atoms. The number of amides is 1. The van der Waals surface area contributed by atoms with Crippen molar-refractivity contribution in [2.45, 2.75) is 0 Å². The Morgan fingerprint density at radius 3 is 2.41 bits per heavy atom. The Balaban J connectivity index is 1.42. The van der Waals surface area contributed by atoms with Crippen LogP contribution >= 0.6 is 11.3 Å². The lowest BCUT2D eigenvalue weighted by Gasteiger charge is -2.06. The van der Waals surface area contributed by atoms with Gasteiger partial charge in [0.25, 0.3) is 5.91 Å². The second kappa shape index (κ2) is 7.76. The van der Waals surface area contributed by atoms with Crippen LogP contribution in [-0.2, 0) is 0 Å². The average Bonchev–Trinajstić information content (AvgIpc) is 3.18. The van der Waals surface area contributed by atoms with E-state index in [0.29, 0.717) is 21.5 Å². The number of pyridine rings is 1. The van der Waals surface area contributed by atoms with E-state index in [1.165, 1.54) is 11.3 Å². The summed E-state index contributed by atoms with van der Waals surface area (Å²) in [6.45, 7) is 0. The Labute approximate surface area is 159 Å². The fourth-order valence-electron chi connectivity index (χ4n) is 2.35. The molecule has 1 N–H and O–H groups in total. The highest BCUT2D eigenvalue weighted by Crippen LogP contribution is 2.26. The first-order valence-electron chi connectivity index (χ1n) is 8.16. The molecule has 0 fully saturated rings. The summed E-state index contributed by atoms with van der Waals surface area (Å²) < 4.78 is 5.73. The van der Waals surface area contributed by atoms with Crippen molar-refractivity contribution in [2.24, 2.45) is 0 Å². The van der Waals surface area contributed by atoms with Crippen molar-refractivity contribution in [3.63, 3.8) is 0 Å². The molecule has 0 spiro atoms. The number of nitrogens with zero attached hydrogens (tertiary/aromatic N) is 3. The van der Waals surface area contributed by atoms with Crippen molar-refractivity contribution in [2.75, 3.05) is 5.32 Å².